The molecule has 0 aromatic heterocycles. The average Bonchev–Trinajstić information content (AvgIpc) is 3.47. The topological polar surface area (TPSA) is 217 Å². The fourth-order valence-electron chi connectivity index (χ4n) is 12.1. The second-order valence-corrected chi connectivity index (χ2v) is 19.7. The van der Waals surface area contributed by atoms with Crippen LogP contribution in [-0.2, 0) is 38.0 Å². The molecule has 17 atom stereocenters. The van der Waals surface area contributed by atoms with E-state index in [0.29, 0.717) is 37.4 Å². The van der Waals surface area contributed by atoms with Crippen molar-refractivity contribution in [3.05, 3.63) is 41.5 Å². The zero-order chi connectivity index (χ0) is 44.9. The highest BCUT2D eigenvalue weighted by molar-refractivity contribution is 5.89. The summed E-state index contributed by atoms with van der Waals surface area (Å²) in [5, 5.41) is 57.1. The third-order valence-electron chi connectivity index (χ3n) is 15.7. The molecule has 5 fully saturated rings. The number of ether oxygens (including phenoxy) is 7. The molecule has 5 N–H and O–H groups in total. The Kier molecular flexibility index (Phi) is 14.0. The molecule has 6 aliphatic rings. The number of carbonyl (C=O) groups is 3. The maximum atomic E-state index is 14.2. The molecule has 2 aliphatic heterocycles. The van der Waals surface area contributed by atoms with E-state index < -0.39 is 90.8 Å². The van der Waals surface area contributed by atoms with Crippen LogP contribution in [0, 0.1) is 40.4 Å². The summed E-state index contributed by atoms with van der Waals surface area (Å²) in [6.45, 7) is 10.7. The molecule has 346 valence electrons. The van der Waals surface area contributed by atoms with Crippen molar-refractivity contribution in [1.82, 2.24) is 0 Å². The van der Waals surface area contributed by atoms with Crippen molar-refractivity contribution >= 4 is 17.7 Å². The average molecular weight is 873 g/mol. The van der Waals surface area contributed by atoms with Crippen LogP contribution >= 0.6 is 0 Å². The number of carbonyl (C=O) groups excluding carboxylic acids is 3. The van der Waals surface area contributed by atoms with Gasteiger partial charge in [-0.25, -0.2) is 4.79 Å². The molecule has 0 spiro atoms. The molecule has 0 radical (unpaired) electrons. The number of allylic oxidation sites excluding steroid dienone is 1. The number of rotatable bonds is 13. The normalized spacial score (nSPS) is 42.1. The molecule has 7 rings (SSSR count). The fraction of sp³-hybridized carbons (Fsp3) is 0.766. The number of ketones is 1. The molecule has 2 saturated heterocycles. The van der Waals surface area contributed by atoms with Crippen molar-refractivity contribution < 1.29 is 73.1 Å². The zero-order valence-electron chi connectivity index (χ0n) is 37.1. The van der Waals surface area contributed by atoms with Crippen LogP contribution in [0.2, 0.25) is 0 Å². The maximum absolute atomic E-state index is 14.2. The molecule has 15 nitrogen and oxygen atoms in total. The second-order valence-electron chi connectivity index (χ2n) is 19.7. The van der Waals surface area contributed by atoms with Gasteiger partial charge in [-0.15, -0.1) is 0 Å². The first-order valence-corrected chi connectivity index (χ1v) is 22.6. The standard InChI is InChI=1S/C47H68O15/c1-24(2)8-15-34(50)25(3)47(55)37(21-33-31-14-11-28-20-29(49)16-18-45(28,5)32(31)17-19-46(33,47)6)60-44-41(59-26(4)48)39(36(52)23-58-44)62-43-40(38(53)35(51)22-57-43)61-42(54)27-9-12-30(56-7)13-10-27/h9-13,24-25,29,31-33,35-41,43-44,49,51-53,55H,8,14-23H2,1-7H3/t25-,29+,31?,32?,33?,35-,36+,37+,38+,39+,40-,41-,43+,44+,45+,46+,47-/m1/s1. The van der Waals surface area contributed by atoms with Crippen LogP contribution in [0.5, 0.6) is 5.75 Å². The van der Waals surface area contributed by atoms with Crippen LogP contribution in [0.1, 0.15) is 110 Å². The van der Waals surface area contributed by atoms with Crippen molar-refractivity contribution in [3.8, 4) is 5.75 Å². The minimum Gasteiger partial charge on any atom is -0.497 e. The quantitative estimate of drug-likeness (QED) is 0.140. The summed E-state index contributed by atoms with van der Waals surface area (Å²) in [6, 6.07) is 6.05. The van der Waals surface area contributed by atoms with E-state index in [1.807, 2.05) is 0 Å². The van der Waals surface area contributed by atoms with Crippen molar-refractivity contribution in [1.29, 1.82) is 0 Å². The summed E-state index contributed by atoms with van der Waals surface area (Å²) in [5.41, 5.74) is -1.08. The van der Waals surface area contributed by atoms with Gasteiger partial charge in [-0.3, -0.25) is 9.59 Å². The number of Topliss-reactive ketones (excluding diaryl/α,β-unsaturated/α-hetero) is 1. The summed E-state index contributed by atoms with van der Waals surface area (Å²) >= 11 is 0. The van der Waals surface area contributed by atoms with Crippen LogP contribution in [0.15, 0.2) is 35.9 Å². The zero-order valence-corrected chi connectivity index (χ0v) is 37.1. The summed E-state index contributed by atoms with van der Waals surface area (Å²) in [4.78, 5) is 40.3. The number of fused-ring (bicyclic) bond motifs is 5. The lowest BCUT2D eigenvalue weighted by atomic mass is 9.46. The monoisotopic (exact) mass is 872 g/mol. The third kappa shape index (κ3) is 8.62. The van der Waals surface area contributed by atoms with Gasteiger partial charge in [0.1, 0.15) is 41.5 Å². The first kappa shape index (κ1) is 47.0. The van der Waals surface area contributed by atoms with E-state index in [2.05, 4.69) is 33.8 Å². The molecule has 62 heavy (non-hydrogen) atoms. The molecule has 3 unspecified atom stereocenters. The predicted octanol–water partition coefficient (Wildman–Crippen LogP) is 4.02. The predicted molar refractivity (Wildman–Crippen MR) is 221 cm³/mol. The lowest BCUT2D eigenvalue weighted by Gasteiger charge is -2.59. The highest BCUT2D eigenvalue weighted by Crippen LogP contribution is 2.69. The number of esters is 2. The number of hydrogen-bond acceptors (Lipinski definition) is 15. The Morgan fingerprint density at radius 3 is 2.19 bits per heavy atom. The summed E-state index contributed by atoms with van der Waals surface area (Å²) in [6.07, 6.45) is -5.12. The molecule has 0 bridgehead atoms. The summed E-state index contributed by atoms with van der Waals surface area (Å²) in [5.74, 6) is -1.30. The van der Waals surface area contributed by atoms with Crippen molar-refractivity contribution in [2.24, 2.45) is 40.4 Å². The molecule has 1 aromatic carbocycles. The van der Waals surface area contributed by atoms with Gasteiger partial charge in [0.25, 0.3) is 0 Å². The smallest absolute Gasteiger partial charge is 0.338 e. The van der Waals surface area contributed by atoms with Crippen LogP contribution in [0.4, 0.5) is 0 Å². The number of aliphatic hydroxyl groups is 5. The summed E-state index contributed by atoms with van der Waals surface area (Å²) < 4.78 is 41.7. The number of aliphatic hydroxyl groups excluding tert-OH is 4. The molecule has 0 amide bonds. The molecular formula is C47H68O15. The van der Waals surface area contributed by atoms with E-state index in [1.54, 1.807) is 19.1 Å². The van der Waals surface area contributed by atoms with Gasteiger partial charge in [0.2, 0.25) is 0 Å². The Balaban J connectivity index is 1.18. The van der Waals surface area contributed by atoms with Gasteiger partial charge in [-0.1, -0.05) is 46.3 Å². The van der Waals surface area contributed by atoms with Gasteiger partial charge in [-0.2, -0.15) is 0 Å². The molecule has 3 saturated carbocycles. The molecule has 4 aliphatic carbocycles. The second kappa shape index (κ2) is 18.5. The first-order chi connectivity index (χ1) is 29.3. The first-order valence-electron chi connectivity index (χ1n) is 22.6. The van der Waals surface area contributed by atoms with Crippen LogP contribution < -0.4 is 4.74 Å². The van der Waals surface area contributed by atoms with Crippen LogP contribution in [0.3, 0.4) is 0 Å². The van der Waals surface area contributed by atoms with Gasteiger partial charge >= 0.3 is 11.9 Å². The highest BCUT2D eigenvalue weighted by atomic mass is 16.8. The fourth-order valence-corrected chi connectivity index (χ4v) is 12.1. The largest absolute Gasteiger partial charge is 0.497 e. The Bertz CT molecular complexity index is 1800. The van der Waals surface area contributed by atoms with E-state index in [9.17, 15) is 39.9 Å². The Labute approximate surface area is 364 Å². The Morgan fingerprint density at radius 1 is 0.855 bits per heavy atom. The number of hydrogen-bond donors (Lipinski definition) is 5. The Morgan fingerprint density at radius 2 is 1.53 bits per heavy atom. The summed E-state index contributed by atoms with van der Waals surface area (Å²) in [7, 11) is 1.48. The van der Waals surface area contributed by atoms with Crippen LogP contribution in [-0.4, -0.2) is 131 Å². The Hall–Kier alpha value is -2.99. The minimum atomic E-state index is -1.67. The third-order valence-corrected chi connectivity index (χ3v) is 15.7. The van der Waals surface area contributed by atoms with Gasteiger partial charge in [0, 0.05) is 24.7 Å². The lowest BCUT2D eigenvalue weighted by molar-refractivity contribution is -0.345. The van der Waals surface area contributed by atoms with Crippen molar-refractivity contribution in [2.75, 3.05) is 20.3 Å². The molecule has 2 heterocycles. The molecule has 1 aromatic rings. The van der Waals surface area contributed by atoms with Crippen molar-refractivity contribution in [3.63, 3.8) is 0 Å². The van der Waals surface area contributed by atoms with E-state index in [-0.39, 0.29) is 53.6 Å². The van der Waals surface area contributed by atoms with Gasteiger partial charge in [0.05, 0.1) is 38.1 Å². The maximum Gasteiger partial charge on any atom is 0.338 e. The SMILES string of the molecule is COc1ccc(C(=O)O[C@H]2[C@H](O[C@@H]3[C@@H](OC(C)=O)[C@H](O[C@H]4CC5C6CC=C7C[C@@H](O)CC[C@]7(C)C6CC[C@]5(C)[C@@]4(O)[C@H](C)C(=O)CCC(C)C)OC[C@@H]3O)OC[C@@H](O)[C@@H]2O)cc1. The van der Waals surface area contributed by atoms with E-state index in [4.69, 9.17) is 33.2 Å². The van der Waals surface area contributed by atoms with E-state index >= 15 is 0 Å². The van der Waals surface area contributed by atoms with Gasteiger partial charge in [-0.05, 0) is 105 Å². The van der Waals surface area contributed by atoms with E-state index in [0.717, 1.165) is 25.7 Å². The van der Waals surface area contributed by atoms with Gasteiger partial charge < -0.3 is 58.7 Å². The van der Waals surface area contributed by atoms with Crippen LogP contribution in [0.25, 0.3) is 0 Å². The molecular weight excluding hydrogens is 805 g/mol. The lowest BCUT2D eigenvalue weighted by Crippen LogP contribution is -2.64. The number of benzene rings is 1. The van der Waals surface area contributed by atoms with Crippen molar-refractivity contribution in [2.45, 2.75) is 166 Å². The van der Waals surface area contributed by atoms with Gasteiger partial charge in [0.15, 0.2) is 24.8 Å². The van der Waals surface area contributed by atoms with E-state index in [1.165, 1.54) is 31.7 Å². The number of methoxy groups -OCH3 is 1. The highest BCUT2D eigenvalue weighted by Gasteiger charge is 2.70. The minimum absolute atomic E-state index is 0.0591. The molecule has 15 heteroatoms.